The molecule has 0 aliphatic heterocycles. The van der Waals surface area contributed by atoms with E-state index in [2.05, 4.69) is 176 Å². The molecule has 0 aliphatic carbocycles. The molecule has 0 bridgehead atoms. The third kappa shape index (κ3) is 7.12. The number of fused-ring (bicyclic) bond motifs is 6. The van der Waals surface area contributed by atoms with Gasteiger partial charge < -0.3 is 9.13 Å². The summed E-state index contributed by atoms with van der Waals surface area (Å²) in [5.41, 5.74) is 8.94. The molecule has 0 aliphatic rings. The Bertz CT molecular complexity index is 2910. The number of benzene rings is 6. The monoisotopic (exact) mass is 826 g/mol. The first-order valence-corrected chi connectivity index (χ1v) is 21.2. The molecule has 0 radical (unpaired) electrons. The molecular weight excluding hydrogens is 774 g/mol. The van der Waals surface area contributed by atoms with Crippen molar-refractivity contribution in [1.29, 1.82) is 5.26 Å². The van der Waals surface area contributed by atoms with Gasteiger partial charge in [0.15, 0.2) is 5.69 Å². The summed E-state index contributed by atoms with van der Waals surface area (Å²) in [5.74, 6) is 0. The maximum Gasteiger partial charge on any atom is 0.415 e. The molecule has 0 spiro atoms. The SMILES string of the molecule is [C-]#[N+]c1cc(C(F)(F)F)ccc1-c1c(-n2c3ccc(C(C)(C)C)cc3c3cc(C(C)(C)C)ccc32)cc(C#N)cc1-n1c2ccc(C(C)(C)C)cc2c2cc(C(C)(C)C)ccc21. The predicted octanol–water partition coefficient (Wildman–Crippen LogP) is 16.2. The number of nitrogens with zero attached hydrogens (tertiary/aromatic N) is 4. The summed E-state index contributed by atoms with van der Waals surface area (Å²) in [6.07, 6.45) is -4.65. The van der Waals surface area contributed by atoms with Crippen LogP contribution in [0.2, 0.25) is 0 Å². The minimum absolute atomic E-state index is 0.136. The fourth-order valence-electron chi connectivity index (χ4n) is 8.75. The van der Waals surface area contributed by atoms with Crippen molar-refractivity contribution in [2.24, 2.45) is 0 Å². The number of alkyl halides is 3. The van der Waals surface area contributed by atoms with Crippen molar-refractivity contribution in [3.63, 3.8) is 0 Å². The lowest BCUT2D eigenvalue weighted by atomic mass is 9.85. The fraction of sp³-hybridized carbons (Fsp3) is 0.309. The van der Waals surface area contributed by atoms with E-state index < -0.39 is 11.7 Å². The topological polar surface area (TPSA) is 38.0 Å². The van der Waals surface area contributed by atoms with Gasteiger partial charge in [-0.25, -0.2) is 4.85 Å². The normalized spacial score (nSPS) is 13.0. The Hall–Kier alpha value is -6.31. The van der Waals surface area contributed by atoms with Gasteiger partial charge >= 0.3 is 6.18 Å². The van der Waals surface area contributed by atoms with Crippen LogP contribution in [-0.4, -0.2) is 9.13 Å². The fourth-order valence-corrected chi connectivity index (χ4v) is 8.75. The van der Waals surface area contributed by atoms with E-state index in [1.165, 1.54) is 6.07 Å². The largest absolute Gasteiger partial charge is 0.415 e. The van der Waals surface area contributed by atoms with E-state index in [4.69, 9.17) is 6.57 Å². The molecule has 8 aromatic rings. The van der Waals surface area contributed by atoms with E-state index >= 15 is 0 Å². The number of hydrogen-bond donors (Lipinski definition) is 0. The lowest BCUT2D eigenvalue weighted by molar-refractivity contribution is -0.137. The van der Waals surface area contributed by atoms with Crippen LogP contribution in [0.15, 0.2) is 103 Å². The minimum atomic E-state index is -4.65. The maximum absolute atomic E-state index is 14.4. The second kappa shape index (κ2) is 14.1. The summed E-state index contributed by atoms with van der Waals surface area (Å²) < 4.78 is 47.3. The second-order valence-electron chi connectivity index (χ2n) is 20.9. The molecule has 2 heterocycles. The molecule has 314 valence electrons. The van der Waals surface area contributed by atoms with E-state index in [1.54, 1.807) is 0 Å². The van der Waals surface area contributed by atoms with Crippen LogP contribution in [0.4, 0.5) is 18.9 Å². The molecule has 0 saturated heterocycles. The summed E-state index contributed by atoms with van der Waals surface area (Å²) in [6, 6.07) is 35.4. The van der Waals surface area contributed by atoms with Crippen LogP contribution in [0.25, 0.3) is 71.0 Å². The van der Waals surface area contributed by atoms with Crippen LogP contribution in [0.5, 0.6) is 0 Å². The van der Waals surface area contributed by atoms with Crippen LogP contribution in [0.1, 0.15) is 116 Å². The van der Waals surface area contributed by atoms with E-state index in [0.29, 0.717) is 28.1 Å². The van der Waals surface area contributed by atoms with Gasteiger partial charge in [0.2, 0.25) is 0 Å². The van der Waals surface area contributed by atoms with Gasteiger partial charge in [-0.15, -0.1) is 0 Å². The number of rotatable bonds is 3. The average molecular weight is 827 g/mol. The molecule has 0 atom stereocenters. The van der Waals surface area contributed by atoms with Gasteiger partial charge in [0.05, 0.1) is 51.6 Å². The van der Waals surface area contributed by atoms with Gasteiger partial charge in [-0.3, -0.25) is 0 Å². The summed E-state index contributed by atoms with van der Waals surface area (Å²) in [7, 11) is 0. The number of nitriles is 1. The molecule has 6 aromatic carbocycles. The van der Waals surface area contributed by atoms with Crippen molar-refractivity contribution in [2.45, 2.75) is 111 Å². The Balaban J connectivity index is 1.61. The van der Waals surface area contributed by atoms with Gasteiger partial charge in [0.25, 0.3) is 0 Å². The highest BCUT2D eigenvalue weighted by atomic mass is 19.4. The molecule has 7 heteroatoms. The first-order chi connectivity index (χ1) is 28.8. The molecule has 0 saturated carbocycles. The summed E-state index contributed by atoms with van der Waals surface area (Å²) in [4.78, 5) is 3.78. The molecule has 2 aromatic heterocycles. The van der Waals surface area contributed by atoms with Crippen molar-refractivity contribution in [3.8, 4) is 28.6 Å². The third-order valence-corrected chi connectivity index (χ3v) is 12.4. The molecular formula is C55H53F3N4. The average Bonchev–Trinajstić information content (AvgIpc) is 3.69. The van der Waals surface area contributed by atoms with E-state index in [1.807, 2.05) is 12.1 Å². The van der Waals surface area contributed by atoms with Crippen molar-refractivity contribution in [1.82, 2.24) is 9.13 Å². The minimum Gasteiger partial charge on any atom is -0.309 e. The van der Waals surface area contributed by atoms with Gasteiger partial charge in [0.1, 0.15) is 0 Å². The quantitative estimate of drug-likeness (QED) is 0.164. The van der Waals surface area contributed by atoms with Crippen molar-refractivity contribution >= 4 is 49.3 Å². The van der Waals surface area contributed by atoms with Crippen molar-refractivity contribution in [3.05, 3.63) is 148 Å². The van der Waals surface area contributed by atoms with E-state index in [0.717, 1.165) is 78.0 Å². The molecule has 0 unspecified atom stereocenters. The Morgan fingerprint density at radius 1 is 0.468 bits per heavy atom. The first kappa shape index (κ1) is 42.4. The zero-order chi connectivity index (χ0) is 45.1. The Morgan fingerprint density at radius 3 is 1.06 bits per heavy atom. The van der Waals surface area contributed by atoms with Crippen LogP contribution in [0.3, 0.4) is 0 Å². The third-order valence-electron chi connectivity index (χ3n) is 12.4. The molecule has 4 nitrogen and oxygen atoms in total. The van der Waals surface area contributed by atoms with E-state index in [9.17, 15) is 18.4 Å². The van der Waals surface area contributed by atoms with Crippen LogP contribution in [0, 0.1) is 17.9 Å². The van der Waals surface area contributed by atoms with Crippen LogP contribution >= 0.6 is 0 Å². The molecule has 0 amide bonds. The van der Waals surface area contributed by atoms with Gasteiger partial charge in [-0.1, -0.05) is 119 Å². The lowest BCUT2D eigenvalue weighted by Crippen LogP contribution is -2.11. The zero-order valence-electron chi connectivity index (χ0n) is 37.7. The molecule has 62 heavy (non-hydrogen) atoms. The smallest absolute Gasteiger partial charge is 0.309 e. The molecule has 8 rings (SSSR count). The first-order valence-electron chi connectivity index (χ1n) is 21.2. The van der Waals surface area contributed by atoms with Crippen LogP contribution < -0.4 is 0 Å². The standard InChI is InChI=1S/C55H53F3N4/c1-51(2,3)33-15-20-44-39(26-33)40-27-34(52(4,5)6)16-21-45(40)61(44)48-24-32(31-59)25-49(50(48)38-19-14-37(55(56,57)58)30-43(38)60-13)62-46-22-17-35(53(7,8)9)28-41(46)42-29-36(54(10,11)12)18-23-47(42)62/h14-30H,1-12H3. The maximum atomic E-state index is 14.4. The Kier molecular flexibility index (Phi) is 9.65. The summed E-state index contributed by atoms with van der Waals surface area (Å²) in [6.45, 7) is 34.6. The van der Waals surface area contributed by atoms with Gasteiger partial charge in [0, 0.05) is 32.7 Å². The Labute approximate surface area is 363 Å². The summed E-state index contributed by atoms with van der Waals surface area (Å²) in [5, 5.41) is 15.0. The predicted molar refractivity (Wildman–Crippen MR) is 251 cm³/mol. The molecule has 0 fully saturated rings. The van der Waals surface area contributed by atoms with Crippen LogP contribution in [-0.2, 0) is 27.8 Å². The number of aromatic nitrogens is 2. The number of halogens is 3. The van der Waals surface area contributed by atoms with Gasteiger partial charge in [-0.05, 0) is 116 Å². The molecule has 0 N–H and O–H groups in total. The highest BCUT2D eigenvalue weighted by Gasteiger charge is 2.33. The van der Waals surface area contributed by atoms with Crippen molar-refractivity contribution in [2.75, 3.05) is 0 Å². The highest BCUT2D eigenvalue weighted by Crippen LogP contribution is 2.48. The highest BCUT2D eigenvalue weighted by molar-refractivity contribution is 6.13. The Morgan fingerprint density at radius 2 is 0.790 bits per heavy atom. The van der Waals surface area contributed by atoms with Crippen molar-refractivity contribution < 1.29 is 13.2 Å². The van der Waals surface area contributed by atoms with E-state index in [-0.39, 0.29) is 27.3 Å². The zero-order valence-corrected chi connectivity index (χ0v) is 37.7. The summed E-state index contributed by atoms with van der Waals surface area (Å²) >= 11 is 0. The van der Waals surface area contributed by atoms with Gasteiger partial charge in [-0.2, -0.15) is 18.4 Å². The number of hydrogen-bond acceptors (Lipinski definition) is 1. The lowest BCUT2D eigenvalue weighted by Gasteiger charge is -2.23. The second-order valence-corrected chi connectivity index (χ2v) is 20.9.